The fourth-order valence-corrected chi connectivity index (χ4v) is 3.02. The molecule has 1 heterocycles. The highest BCUT2D eigenvalue weighted by atomic mass is 32.1. The van der Waals surface area contributed by atoms with Crippen molar-refractivity contribution in [3.63, 3.8) is 0 Å². The zero-order valence-electron chi connectivity index (χ0n) is 11.8. The van der Waals surface area contributed by atoms with Crippen LogP contribution in [0, 0.1) is 6.92 Å². The third-order valence-electron chi connectivity index (χ3n) is 3.16. The second-order valence-corrected chi connectivity index (χ2v) is 5.52. The van der Waals surface area contributed by atoms with Crippen molar-refractivity contribution in [2.24, 2.45) is 0 Å². The summed E-state index contributed by atoms with van der Waals surface area (Å²) >= 11 is 1.51. The molecular formula is C15H21N3S. The maximum Gasteiger partial charge on any atom is 0.0804 e. The van der Waals surface area contributed by atoms with Crippen LogP contribution < -0.4 is 5.32 Å². The first-order chi connectivity index (χ1) is 9.26. The zero-order chi connectivity index (χ0) is 13.7. The summed E-state index contributed by atoms with van der Waals surface area (Å²) in [6.07, 6.45) is 2.05. The number of nitrogens with zero attached hydrogens (tertiary/aromatic N) is 2. The molecule has 0 aliphatic heterocycles. The van der Waals surface area contributed by atoms with E-state index in [-0.39, 0.29) is 6.04 Å². The Hall–Kier alpha value is -1.26. The van der Waals surface area contributed by atoms with Crippen LogP contribution in [0.4, 0.5) is 0 Å². The largest absolute Gasteiger partial charge is 0.305 e. The molecule has 1 atom stereocenters. The van der Waals surface area contributed by atoms with Gasteiger partial charge in [0.15, 0.2) is 0 Å². The van der Waals surface area contributed by atoms with Crippen molar-refractivity contribution < 1.29 is 0 Å². The molecule has 0 saturated carbocycles. The third kappa shape index (κ3) is 3.39. The molecule has 0 aliphatic rings. The Morgan fingerprint density at radius 1 is 1.32 bits per heavy atom. The van der Waals surface area contributed by atoms with E-state index in [2.05, 4.69) is 59.9 Å². The van der Waals surface area contributed by atoms with Gasteiger partial charge in [0.1, 0.15) is 0 Å². The monoisotopic (exact) mass is 275 g/mol. The molecule has 19 heavy (non-hydrogen) atoms. The van der Waals surface area contributed by atoms with Crippen molar-refractivity contribution in [3.05, 3.63) is 46.0 Å². The molecule has 0 radical (unpaired) electrons. The van der Waals surface area contributed by atoms with Gasteiger partial charge in [-0.15, -0.1) is 5.10 Å². The van der Waals surface area contributed by atoms with Crippen molar-refractivity contribution in [3.8, 4) is 0 Å². The lowest BCUT2D eigenvalue weighted by atomic mass is 10.0. The summed E-state index contributed by atoms with van der Waals surface area (Å²) in [6, 6.07) is 8.89. The van der Waals surface area contributed by atoms with Crippen LogP contribution in [0.25, 0.3) is 0 Å². The second kappa shape index (κ2) is 6.78. The number of rotatable bonds is 6. The summed E-state index contributed by atoms with van der Waals surface area (Å²) in [4.78, 5) is 1.25. The van der Waals surface area contributed by atoms with E-state index >= 15 is 0 Å². The highest BCUT2D eigenvalue weighted by Gasteiger charge is 2.19. The number of benzene rings is 1. The van der Waals surface area contributed by atoms with Gasteiger partial charge >= 0.3 is 0 Å². The van der Waals surface area contributed by atoms with Gasteiger partial charge in [0.2, 0.25) is 0 Å². The molecule has 0 bridgehead atoms. The van der Waals surface area contributed by atoms with E-state index in [0.29, 0.717) is 0 Å². The third-order valence-corrected chi connectivity index (χ3v) is 3.99. The standard InChI is InChI=1S/C15H21N3S/c1-4-9-16-14(12-8-6-7-11(3)10-12)15-13(5-2)17-18-19-15/h6-8,10,14,16H,4-5,9H2,1-3H3. The SMILES string of the molecule is CCCNC(c1cccc(C)c1)c1snnc1CC. The summed E-state index contributed by atoms with van der Waals surface area (Å²) in [5.74, 6) is 0. The van der Waals surface area contributed by atoms with Crippen LogP contribution in [0.2, 0.25) is 0 Å². The van der Waals surface area contributed by atoms with Crippen molar-refractivity contribution in [2.75, 3.05) is 6.54 Å². The summed E-state index contributed by atoms with van der Waals surface area (Å²) in [6.45, 7) is 7.45. The fourth-order valence-electron chi connectivity index (χ4n) is 2.18. The average molecular weight is 275 g/mol. The number of hydrogen-bond donors (Lipinski definition) is 1. The van der Waals surface area contributed by atoms with Gasteiger partial charge in [-0.05, 0) is 43.4 Å². The first kappa shape index (κ1) is 14.2. The summed E-state index contributed by atoms with van der Waals surface area (Å²) < 4.78 is 4.12. The molecule has 4 heteroatoms. The van der Waals surface area contributed by atoms with E-state index in [1.54, 1.807) is 0 Å². The molecule has 0 spiro atoms. The first-order valence-electron chi connectivity index (χ1n) is 6.87. The fraction of sp³-hybridized carbons (Fsp3) is 0.467. The lowest BCUT2D eigenvalue weighted by Gasteiger charge is -2.18. The lowest BCUT2D eigenvalue weighted by molar-refractivity contribution is 0.600. The second-order valence-electron chi connectivity index (χ2n) is 4.74. The number of aromatic nitrogens is 2. The zero-order valence-corrected chi connectivity index (χ0v) is 12.6. The summed E-state index contributed by atoms with van der Waals surface area (Å²) in [5, 5.41) is 7.86. The molecule has 3 nitrogen and oxygen atoms in total. The Labute approximate surface area is 119 Å². The normalized spacial score (nSPS) is 12.6. The van der Waals surface area contributed by atoms with Gasteiger partial charge in [-0.1, -0.05) is 48.2 Å². The highest BCUT2D eigenvalue weighted by molar-refractivity contribution is 7.05. The Morgan fingerprint density at radius 2 is 2.16 bits per heavy atom. The molecule has 1 N–H and O–H groups in total. The van der Waals surface area contributed by atoms with E-state index in [1.807, 2.05) is 0 Å². The lowest BCUT2D eigenvalue weighted by Crippen LogP contribution is -2.23. The molecule has 0 aliphatic carbocycles. The topological polar surface area (TPSA) is 37.8 Å². The minimum Gasteiger partial charge on any atom is -0.305 e. The molecule has 0 fully saturated rings. The van der Waals surface area contributed by atoms with Crippen LogP contribution in [0.5, 0.6) is 0 Å². The molecule has 102 valence electrons. The van der Waals surface area contributed by atoms with Gasteiger partial charge in [-0.25, -0.2) is 0 Å². The van der Waals surface area contributed by atoms with Gasteiger partial charge in [-0.3, -0.25) is 0 Å². The van der Waals surface area contributed by atoms with Crippen molar-refractivity contribution in [2.45, 2.75) is 39.7 Å². The van der Waals surface area contributed by atoms with Crippen LogP contribution in [0.15, 0.2) is 24.3 Å². The van der Waals surface area contributed by atoms with Crippen LogP contribution in [-0.2, 0) is 6.42 Å². The van der Waals surface area contributed by atoms with Gasteiger partial charge in [0, 0.05) is 0 Å². The molecular weight excluding hydrogens is 254 g/mol. The van der Waals surface area contributed by atoms with Crippen LogP contribution in [0.1, 0.15) is 48.0 Å². The molecule has 0 saturated heterocycles. The van der Waals surface area contributed by atoms with Gasteiger partial charge < -0.3 is 5.32 Å². The predicted octanol–water partition coefficient (Wildman–Crippen LogP) is 3.50. The van der Waals surface area contributed by atoms with E-state index < -0.39 is 0 Å². The summed E-state index contributed by atoms with van der Waals surface area (Å²) in [7, 11) is 0. The van der Waals surface area contributed by atoms with E-state index in [1.165, 1.54) is 27.5 Å². The van der Waals surface area contributed by atoms with E-state index in [0.717, 1.165) is 25.1 Å². The molecule has 1 aromatic heterocycles. The van der Waals surface area contributed by atoms with Gasteiger partial charge in [0.05, 0.1) is 16.6 Å². The van der Waals surface area contributed by atoms with Crippen LogP contribution in [0.3, 0.4) is 0 Å². The molecule has 1 aromatic carbocycles. The maximum absolute atomic E-state index is 4.24. The number of aryl methyl sites for hydroxylation is 2. The Balaban J connectivity index is 2.35. The maximum atomic E-state index is 4.24. The quantitative estimate of drug-likeness (QED) is 0.877. The number of hydrogen-bond acceptors (Lipinski definition) is 4. The van der Waals surface area contributed by atoms with Crippen molar-refractivity contribution >= 4 is 11.5 Å². The van der Waals surface area contributed by atoms with Crippen molar-refractivity contribution in [1.29, 1.82) is 0 Å². The Kier molecular flexibility index (Phi) is 5.05. The minimum atomic E-state index is 0.217. The van der Waals surface area contributed by atoms with Crippen LogP contribution in [-0.4, -0.2) is 16.1 Å². The van der Waals surface area contributed by atoms with Crippen molar-refractivity contribution in [1.82, 2.24) is 14.9 Å². The highest BCUT2D eigenvalue weighted by Crippen LogP contribution is 2.27. The Morgan fingerprint density at radius 3 is 2.84 bits per heavy atom. The van der Waals surface area contributed by atoms with E-state index in [4.69, 9.17) is 0 Å². The molecule has 2 aromatic rings. The van der Waals surface area contributed by atoms with E-state index in [9.17, 15) is 0 Å². The number of nitrogens with one attached hydrogen (secondary N) is 1. The summed E-state index contributed by atoms with van der Waals surface area (Å²) in [5.41, 5.74) is 3.70. The van der Waals surface area contributed by atoms with Gasteiger partial charge in [-0.2, -0.15) is 0 Å². The minimum absolute atomic E-state index is 0.217. The molecule has 1 unspecified atom stereocenters. The molecule has 2 rings (SSSR count). The average Bonchev–Trinajstić information content (AvgIpc) is 2.88. The van der Waals surface area contributed by atoms with Gasteiger partial charge in [0.25, 0.3) is 0 Å². The van der Waals surface area contributed by atoms with Crippen LogP contribution >= 0.6 is 11.5 Å². The molecule has 0 amide bonds. The smallest absolute Gasteiger partial charge is 0.0804 e. The predicted molar refractivity (Wildman–Crippen MR) is 80.6 cm³/mol. The Bertz CT molecular complexity index is 522. The first-order valence-corrected chi connectivity index (χ1v) is 7.64.